The van der Waals surface area contributed by atoms with Crippen LogP contribution in [0.15, 0.2) is 24.8 Å². The van der Waals surface area contributed by atoms with Crippen LogP contribution in [0.5, 0.6) is 0 Å². The van der Waals surface area contributed by atoms with E-state index in [2.05, 4.69) is 64.3 Å². The zero-order valence-corrected chi connectivity index (χ0v) is 14.7. The van der Waals surface area contributed by atoms with Gasteiger partial charge in [-0.05, 0) is 51.2 Å². The molecule has 0 amide bonds. The van der Waals surface area contributed by atoms with Crippen LogP contribution in [0.25, 0.3) is 5.70 Å². The van der Waals surface area contributed by atoms with Crippen LogP contribution >= 0.6 is 0 Å². The van der Waals surface area contributed by atoms with Crippen LogP contribution in [-0.4, -0.2) is 17.5 Å². The van der Waals surface area contributed by atoms with Gasteiger partial charge in [-0.25, -0.2) is 0 Å². The van der Waals surface area contributed by atoms with E-state index in [0.29, 0.717) is 6.04 Å². The van der Waals surface area contributed by atoms with Gasteiger partial charge < -0.3 is 4.90 Å². The predicted molar refractivity (Wildman–Crippen MR) is 95.6 cm³/mol. The molecule has 1 heterocycles. The minimum Gasteiger partial charge on any atom is -0.369 e. The molecular formula is C20H33N. The van der Waals surface area contributed by atoms with E-state index < -0.39 is 0 Å². The van der Waals surface area contributed by atoms with Crippen LogP contribution in [0.4, 0.5) is 0 Å². The first kappa shape index (κ1) is 17.8. The summed E-state index contributed by atoms with van der Waals surface area (Å²) in [4.78, 5) is 2.53. The zero-order valence-electron chi connectivity index (χ0n) is 14.7. The smallest absolute Gasteiger partial charge is 0.0372 e. The lowest BCUT2D eigenvalue weighted by Gasteiger charge is -2.39. The second kappa shape index (κ2) is 8.92. The number of likely N-dealkylation sites (tertiary alicyclic amines) is 1. The predicted octanol–water partition coefficient (Wildman–Crippen LogP) is 5.95. The summed E-state index contributed by atoms with van der Waals surface area (Å²) in [7, 11) is 0. The summed E-state index contributed by atoms with van der Waals surface area (Å²) in [5, 5.41) is 0. The fourth-order valence-electron chi connectivity index (χ4n) is 2.98. The molecule has 0 saturated carbocycles. The van der Waals surface area contributed by atoms with Crippen molar-refractivity contribution in [1.29, 1.82) is 0 Å². The van der Waals surface area contributed by atoms with Crippen molar-refractivity contribution in [3.05, 3.63) is 41.5 Å². The summed E-state index contributed by atoms with van der Waals surface area (Å²) in [6, 6.07) is 7.35. The average molecular weight is 287 g/mol. The number of hydrogen-bond donors (Lipinski definition) is 0. The van der Waals surface area contributed by atoms with Gasteiger partial charge in [0.1, 0.15) is 0 Å². The first-order chi connectivity index (χ1) is 10.0. The van der Waals surface area contributed by atoms with Crippen LogP contribution in [0.1, 0.15) is 69.6 Å². The van der Waals surface area contributed by atoms with Crippen molar-refractivity contribution in [2.45, 2.75) is 72.8 Å². The van der Waals surface area contributed by atoms with E-state index in [0.717, 1.165) is 0 Å². The molecule has 1 aliphatic heterocycles. The van der Waals surface area contributed by atoms with E-state index in [9.17, 15) is 0 Å². The van der Waals surface area contributed by atoms with Gasteiger partial charge in [0.25, 0.3) is 0 Å². The highest BCUT2D eigenvalue weighted by Gasteiger charge is 2.23. The molecule has 0 aromatic heterocycles. The number of aryl methyl sites for hydroxylation is 2. The van der Waals surface area contributed by atoms with Crippen molar-refractivity contribution in [2.75, 3.05) is 6.54 Å². The summed E-state index contributed by atoms with van der Waals surface area (Å²) in [6.45, 7) is 16.4. The van der Waals surface area contributed by atoms with Crippen LogP contribution in [0.3, 0.4) is 0 Å². The molecule has 1 fully saturated rings. The van der Waals surface area contributed by atoms with Crippen molar-refractivity contribution in [2.24, 2.45) is 0 Å². The largest absolute Gasteiger partial charge is 0.369 e. The SMILES string of the molecule is C=C(c1cc(C)ccc1C)N1CCCCC1CC.CCC. The fraction of sp³-hybridized carbons (Fsp3) is 0.600. The number of benzene rings is 1. The molecule has 0 bridgehead atoms. The highest BCUT2D eigenvalue weighted by molar-refractivity contribution is 5.65. The molecule has 1 aromatic carbocycles. The van der Waals surface area contributed by atoms with Crippen molar-refractivity contribution >= 4 is 5.70 Å². The van der Waals surface area contributed by atoms with Gasteiger partial charge in [0.05, 0.1) is 0 Å². The van der Waals surface area contributed by atoms with Gasteiger partial charge in [-0.3, -0.25) is 0 Å². The average Bonchev–Trinajstić information content (AvgIpc) is 2.49. The van der Waals surface area contributed by atoms with E-state index in [1.54, 1.807) is 0 Å². The third-order valence-corrected chi connectivity index (χ3v) is 4.15. The molecule has 1 nitrogen and oxygen atoms in total. The lowest BCUT2D eigenvalue weighted by Crippen LogP contribution is -2.37. The number of piperidine rings is 1. The standard InChI is InChI=1S/C17H25N.C3H8/c1-5-16-8-6-7-11-18(16)15(4)17-12-13(2)9-10-14(17)3;1-3-2/h9-10,12,16H,4-8,11H2,1-3H3;3H2,1-2H3. The Balaban J connectivity index is 0.000000677. The maximum Gasteiger partial charge on any atom is 0.0372 e. The molecule has 0 spiro atoms. The highest BCUT2D eigenvalue weighted by atomic mass is 15.2. The van der Waals surface area contributed by atoms with Gasteiger partial charge in [0, 0.05) is 23.8 Å². The molecule has 1 saturated heterocycles. The molecular weight excluding hydrogens is 254 g/mol. The van der Waals surface area contributed by atoms with Crippen molar-refractivity contribution in [3.63, 3.8) is 0 Å². The van der Waals surface area contributed by atoms with E-state index in [4.69, 9.17) is 0 Å². The van der Waals surface area contributed by atoms with E-state index >= 15 is 0 Å². The van der Waals surface area contributed by atoms with E-state index in [1.165, 1.54) is 61.0 Å². The van der Waals surface area contributed by atoms with Gasteiger partial charge >= 0.3 is 0 Å². The summed E-state index contributed by atoms with van der Waals surface area (Å²) < 4.78 is 0. The van der Waals surface area contributed by atoms with Crippen molar-refractivity contribution in [3.8, 4) is 0 Å². The van der Waals surface area contributed by atoms with Gasteiger partial charge in [0.2, 0.25) is 0 Å². The van der Waals surface area contributed by atoms with Crippen LogP contribution in [-0.2, 0) is 0 Å². The molecule has 1 heteroatoms. The molecule has 0 radical (unpaired) electrons. The first-order valence-electron chi connectivity index (χ1n) is 8.58. The molecule has 21 heavy (non-hydrogen) atoms. The normalized spacial score (nSPS) is 18.0. The number of hydrogen-bond acceptors (Lipinski definition) is 1. The molecule has 0 N–H and O–H groups in total. The Morgan fingerprint density at radius 1 is 1.19 bits per heavy atom. The molecule has 2 rings (SSSR count). The van der Waals surface area contributed by atoms with Gasteiger partial charge in [0.15, 0.2) is 0 Å². The van der Waals surface area contributed by atoms with Gasteiger partial charge in [-0.15, -0.1) is 0 Å². The Bertz CT molecular complexity index is 447. The Morgan fingerprint density at radius 3 is 2.48 bits per heavy atom. The zero-order chi connectivity index (χ0) is 15.8. The number of rotatable bonds is 3. The number of nitrogens with zero attached hydrogens (tertiary/aromatic N) is 1. The van der Waals surface area contributed by atoms with Crippen LogP contribution in [0, 0.1) is 13.8 Å². The van der Waals surface area contributed by atoms with Crippen molar-refractivity contribution in [1.82, 2.24) is 4.90 Å². The van der Waals surface area contributed by atoms with Crippen LogP contribution < -0.4 is 0 Å². The molecule has 0 aliphatic carbocycles. The second-order valence-electron chi connectivity index (χ2n) is 6.22. The molecule has 1 unspecified atom stereocenters. The van der Waals surface area contributed by atoms with Gasteiger partial charge in [-0.2, -0.15) is 0 Å². The highest BCUT2D eigenvalue weighted by Crippen LogP contribution is 2.30. The lowest BCUT2D eigenvalue weighted by atomic mass is 9.96. The van der Waals surface area contributed by atoms with Crippen LogP contribution in [0.2, 0.25) is 0 Å². The minimum atomic E-state index is 0.686. The van der Waals surface area contributed by atoms with E-state index in [-0.39, 0.29) is 0 Å². The van der Waals surface area contributed by atoms with E-state index in [1.807, 2.05) is 0 Å². The van der Waals surface area contributed by atoms with Crippen molar-refractivity contribution < 1.29 is 0 Å². The Kier molecular flexibility index (Phi) is 7.56. The fourth-order valence-corrected chi connectivity index (χ4v) is 2.98. The third-order valence-electron chi connectivity index (χ3n) is 4.15. The maximum absolute atomic E-state index is 4.37. The summed E-state index contributed by atoms with van der Waals surface area (Å²) in [5.41, 5.74) is 5.21. The summed E-state index contributed by atoms with van der Waals surface area (Å²) in [5.74, 6) is 0. The Morgan fingerprint density at radius 2 is 1.86 bits per heavy atom. The first-order valence-corrected chi connectivity index (χ1v) is 8.58. The molecule has 1 aromatic rings. The summed E-state index contributed by atoms with van der Waals surface area (Å²) in [6.07, 6.45) is 6.47. The Hall–Kier alpha value is -1.24. The quantitative estimate of drug-likeness (QED) is 0.663. The maximum atomic E-state index is 4.37. The second-order valence-corrected chi connectivity index (χ2v) is 6.22. The monoisotopic (exact) mass is 287 g/mol. The molecule has 118 valence electrons. The minimum absolute atomic E-state index is 0.686. The third kappa shape index (κ3) is 4.91. The molecule has 1 atom stereocenters. The summed E-state index contributed by atoms with van der Waals surface area (Å²) >= 11 is 0. The van der Waals surface area contributed by atoms with Gasteiger partial charge in [-0.1, -0.05) is 51.5 Å². The Labute approximate surface area is 132 Å². The molecule has 1 aliphatic rings. The lowest BCUT2D eigenvalue weighted by molar-refractivity contribution is 0.222. The topological polar surface area (TPSA) is 3.24 Å².